The molecule has 0 radical (unpaired) electrons. The Morgan fingerprint density at radius 1 is 1.35 bits per heavy atom. The lowest BCUT2D eigenvalue weighted by molar-refractivity contribution is 0.0622. The number of hydrogen-bond acceptors (Lipinski definition) is 2. The molecule has 2 aliphatic rings. The summed E-state index contributed by atoms with van der Waals surface area (Å²) >= 11 is 0. The molecule has 2 nitrogen and oxygen atoms in total. The first-order chi connectivity index (χ1) is 7.91. The number of ether oxygens (including phenoxy) is 1. The summed E-state index contributed by atoms with van der Waals surface area (Å²) in [7, 11) is 0. The summed E-state index contributed by atoms with van der Waals surface area (Å²) < 4.78 is 5.60. The van der Waals surface area contributed by atoms with Gasteiger partial charge < -0.3 is 10.1 Å². The van der Waals surface area contributed by atoms with E-state index in [1.807, 2.05) is 0 Å². The molecule has 2 saturated carbocycles. The predicted molar refractivity (Wildman–Crippen MR) is 72.1 cm³/mol. The molecule has 0 amide bonds. The highest BCUT2D eigenvalue weighted by Crippen LogP contribution is 2.65. The molecule has 2 heteroatoms. The second kappa shape index (κ2) is 4.55. The molecule has 2 aliphatic carbocycles. The predicted octanol–water partition coefficient (Wildman–Crippen LogP) is 3.22. The van der Waals surface area contributed by atoms with E-state index in [4.69, 9.17) is 4.74 Å². The molecule has 2 fully saturated rings. The maximum Gasteiger partial charge on any atom is 0.0671 e. The van der Waals surface area contributed by atoms with Crippen LogP contribution in [-0.4, -0.2) is 25.3 Å². The first-order valence-electron chi connectivity index (χ1n) is 7.26. The van der Waals surface area contributed by atoms with Gasteiger partial charge in [0.2, 0.25) is 0 Å². The van der Waals surface area contributed by atoms with E-state index in [1.165, 1.54) is 19.3 Å². The van der Waals surface area contributed by atoms with Crippen molar-refractivity contribution in [2.75, 3.05) is 13.2 Å². The minimum absolute atomic E-state index is 0.339. The van der Waals surface area contributed by atoms with E-state index in [1.54, 1.807) is 0 Å². The average Bonchev–Trinajstić information content (AvgIpc) is 2.59. The highest BCUT2D eigenvalue weighted by atomic mass is 16.5. The lowest BCUT2D eigenvalue weighted by Crippen LogP contribution is -2.46. The van der Waals surface area contributed by atoms with Crippen LogP contribution in [0.25, 0.3) is 0 Å². The first-order valence-corrected chi connectivity index (χ1v) is 7.26. The Kier molecular flexibility index (Phi) is 3.57. The summed E-state index contributed by atoms with van der Waals surface area (Å²) in [5.74, 6) is 0.924. The zero-order chi connectivity index (χ0) is 12.7. The number of rotatable bonds is 5. The van der Waals surface area contributed by atoms with E-state index in [-0.39, 0.29) is 0 Å². The summed E-state index contributed by atoms with van der Waals surface area (Å²) in [5, 5.41) is 3.77. The second-order valence-electron chi connectivity index (χ2n) is 6.84. The third-order valence-corrected chi connectivity index (χ3v) is 5.90. The molecule has 0 aromatic carbocycles. The monoisotopic (exact) mass is 239 g/mol. The van der Waals surface area contributed by atoms with Crippen molar-refractivity contribution < 1.29 is 4.74 Å². The smallest absolute Gasteiger partial charge is 0.0671 e. The van der Waals surface area contributed by atoms with Crippen molar-refractivity contribution >= 4 is 0 Å². The highest BCUT2D eigenvalue weighted by molar-refractivity contribution is 5.12. The van der Waals surface area contributed by atoms with Crippen LogP contribution < -0.4 is 5.32 Å². The summed E-state index contributed by atoms with van der Waals surface area (Å²) in [4.78, 5) is 0. The van der Waals surface area contributed by atoms with Crippen LogP contribution >= 0.6 is 0 Å². The first kappa shape index (κ1) is 13.4. The highest BCUT2D eigenvalue weighted by Gasteiger charge is 2.60. The van der Waals surface area contributed by atoms with Crippen molar-refractivity contribution in [3.05, 3.63) is 0 Å². The van der Waals surface area contributed by atoms with Gasteiger partial charge in [0, 0.05) is 19.2 Å². The zero-order valence-corrected chi connectivity index (χ0v) is 12.2. The van der Waals surface area contributed by atoms with E-state index in [2.05, 4.69) is 39.9 Å². The van der Waals surface area contributed by atoms with Gasteiger partial charge in [-0.2, -0.15) is 0 Å². The maximum atomic E-state index is 5.60. The Morgan fingerprint density at radius 2 is 2.06 bits per heavy atom. The van der Waals surface area contributed by atoms with Crippen molar-refractivity contribution in [2.24, 2.45) is 16.7 Å². The van der Waals surface area contributed by atoms with Crippen molar-refractivity contribution in [2.45, 2.75) is 66.0 Å². The Labute approximate surface area is 107 Å². The van der Waals surface area contributed by atoms with Crippen LogP contribution in [0.3, 0.4) is 0 Å². The van der Waals surface area contributed by atoms with Gasteiger partial charge in [0.1, 0.15) is 0 Å². The van der Waals surface area contributed by atoms with E-state index >= 15 is 0 Å². The third kappa shape index (κ3) is 2.04. The zero-order valence-electron chi connectivity index (χ0n) is 12.2. The number of hydrogen-bond donors (Lipinski definition) is 1. The Bertz CT molecular complexity index is 276. The Morgan fingerprint density at radius 3 is 2.53 bits per heavy atom. The van der Waals surface area contributed by atoms with Crippen LogP contribution in [0, 0.1) is 16.7 Å². The SMILES string of the molecule is CCOC(C)CNC1CC2CCC1(C)C2(C)C. The second-order valence-corrected chi connectivity index (χ2v) is 6.84. The fourth-order valence-electron chi connectivity index (χ4n) is 4.16. The molecule has 0 aliphatic heterocycles. The van der Waals surface area contributed by atoms with Crippen LogP contribution in [0.2, 0.25) is 0 Å². The molecule has 0 saturated heterocycles. The molecule has 0 heterocycles. The molecule has 1 N–H and O–H groups in total. The molecular formula is C15H29NO. The Hall–Kier alpha value is -0.0800. The van der Waals surface area contributed by atoms with Crippen molar-refractivity contribution in [1.29, 1.82) is 0 Å². The normalized spacial score (nSPS) is 40.8. The topological polar surface area (TPSA) is 21.3 Å². The molecule has 4 unspecified atom stereocenters. The number of nitrogens with one attached hydrogen (secondary N) is 1. The average molecular weight is 239 g/mol. The fourth-order valence-corrected chi connectivity index (χ4v) is 4.16. The summed E-state index contributed by atoms with van der Waals surface area (Å²) in [6.07, 6.45) is 4.53. The summed E-state index contributed by atoms with van der Waals surface area (Å²) in [6.45, 7) is 13.5. The number of fused-ring (bicyclic) bond motifs is 2. The molecular weight excluding hydrogens is 210 g/mol. The van der Waals surface area contributed by atoms with E-state index in [9.17, 15) is 0 Å². The molecule has 0 aromatic heterocycles. The quantitative estimate of drug-likeness (QED) is 0.795. The van der Waals surface area contributed by atoms with Gasteiger partial charge >= 0.3 is 0 Å². The summed E-state index contributed by atoms with van der Waals surface area (Å²) in [6, 6.07) is 0.694. The van der Waals surface area contributed by atoms with Gasteiger partial charge in [0.15, 0.2) is 0 Å². The standard InChI is InChI=1S/C15H29NO/c1-6-17-11(2)10-16-13-9-12-7-8-15(13,5)14(12,3)4/h11-13,16H,6-10H2,1-5H3. The lowest BCUT2D eigenvalue weighted by atomic mass is 9.69. The molecule has 0 spiro atoms. The fraction of sp³-hybridized carbons (Fsp3) is 1.00. The van der Waals surface area contributed by atoms with Crippen LogP contribution in [0.15, 0.2) is 0 Å². The molecule has 0 aromatic rings. The molecule has 17 heavy (non-hydrogen) atoms. The van der Waals surface area contributed by atoms with E-state index in [0.29, 0.717) is 23.0 Å². The van der Waals surface area contributed by atoms with Gasteiger partial charge in [-0.3, -0.25) is 0 Å². The molecule has 2 bridgehead atoms. The largest absolute Gasteiger partial charge is 0.377 e. The van der Waals surface area contributed by atoms with Crippen LogP contribution in [0.5, 0.6) is 0 Å². The van der Waals surface area contributed by atoms with Crippen LogP contribution in [0.1, 0.15) is 53.9 Å². The van der Waals surface area contributed by atoms with Gasteiger partial charge in [0.25, 0.3) is 0 Å². The van der Waals surface area contributed by atoms with E-state index < -0.39 is 0 Å². The van der Waals surface area contributed by atoms with Gasteiger partial charge in [-0.25, -0.2) is 0 Å². The molecule has 4 atom stereocenters. The Balaban J connectivity index is 1.92. The van der Waals surface area contributed by atoms with Gasteiger partial charge in [-0.05, 0) is 49.9 Å². The van der Waals surface area contributed by atoms with Crippen molar-refractivity contribution in [1.82, 2.24) is 5.32 Å². The van der Waals surface area contributed by atoms with Gasteiger partial charge in [-0.15, -0.1) is 0 Å². The van der Waals surface area contributed by atoms with E-state index in [0.717, 1.165) is 19.1 Å². The van der Waals surface area contributed by atoms with Gasteiger partial charge in [-0.1, -0.05) is 20.8 Å². The molecule has 100 valence electrons. The minimum Gasteiger partial charge on any atom is -0.377 e. The van der Waals surface area contributed by atoms with Crippen LogP contribution in [-0.2, 0) is 4.74 Å². The maximum absolute atomic E-state index is 5.60. The van der Waals surface area contributed by atoms with Crippen LogP contribution in [0.4, 0.5) is 0 Å². The minimum atomic E-state index is 0.339. The lowest BCUT2D eigenvalue weighted by Gasteiger charge is -2.40. The molecule has 2 rings (SSSR count). The summed E-state index contributed by atoms with van der Waals surface area (Å²) in [5.41, 5.74) is 1.00. The van der Waals surface area contributed by atoms with Crippen molar-refractivity contribution in [3.8, 4) is 0 Å². The third-order valence-electron chi connectivity index (χ3n) is 5.90. The van der Waals surface area contributed by atoms with Crippen molar-refractivity contribution in [3.63, 3.8) is 0 Å². The van der Waals surface area contributed by atoms with Gasteiger partial charge in [0.05, 0.1) is 6.10 Å².